The molecule has 1 heterocycles. The molecule has 1 amide bonds. The number of nitrogens with zero attached hydrogens (tertiary/aromatic N) is 1. The molecule has 0 saturated carbocycles. The van der Waals surface area contributed by atoms with Gasteiger partial charge in [-0.25, -0.2) is 0 Å². The maximum absolute atomic E-state index is 10.9. The van der Waals surface area contributed by atoms with Crippen LogP contribution >= 0.6 is 0 Å². The van der Waals surface area contributed by atoms with Gasteiger partial charge in [0.05, 0.1) is 0 Å². The fourth-order valence-electron chi connectivity index (χ4n) is 2.23. The topological polar surface area (TPSA) is 58.4 Å². The lowest BCUT2D eigenvalue weighted by Crippen LogP contribution is -2.31. The van der Waals surface area contributed by atoms with Crippen molar-refractivity contribution in [3.63, 3.8) is 0 Å². The first kappa shape index (κ1) is 11.9. The van der Waals surface area contributed by atoms with E-state index >= 15 is 0 Å². The number of nitrogens with two attached hydrogens (primary N) is 1. The van der Waals surface area contributed by atoms with Gasteiger partial charge >= 0.3 is 0 Å². The van der Waals surface area contributed by atoms with Gasteiger partial charge < -0.3 is 16.0 Å². The molecule has 1 aliphatic rings. The van der Waals surface area contributed by atoms with Gasteiger partial charge in [0.15, 0.2) is 0 Å². The maximum Gasteiger partial charge on any atom is 0.248 e. The zero-order valence-electron chi connectivity index (χ0n) is 10.1. The van der Waals surface area contributed by atoms with E-state index in [2.05, 4.69) is 17.3 Å². The van der Waals surface area contributed by atoms with Crippen LogP contribution in [0.3, 0.4) is 0 Å². The summed E-state index contributed by atoms with van der Waals surface area (Å²) in [5, 5.41) is 3.39. The number of hydrogen-bond donors (Lipinski definition) is 2. The molecule has 1 atom stereocenters. The highest BCUT2D eigenvalue weighted by Crippen LogP contribution is 2.16. The summed E-state index contributed by atoms with van der Waals surface area (Å²) in [6.45, 7) is 2.14. The number of primary amides is 1. The molecule has 1 aromatic carbocycles. The molecule has 0 aliphatic carbocycles. The number of benzene rings is 1. The number of carbonyl (C=O) groups excluding carboxylic acids is 1. The molecule has 4 nitrogen and oxygen atoms in total. The highest BCUT2D eigenvalue weighted by molar-refractivity contribution is 5.93. The van der Waals surface area contributed by atoms with Gasteiger partial charge in [-0.1, -0.05) is 0 Å². The second-order valence-corrected chi connectivity index (χ2v) is 4.60. The van der Waals surface area contributed by atoms with Crippen LogP contribution in [0, 0.1) is 0 Å². The smallest absolute Gasteiger partial charge is 0.248 e. The summed E-state index contributed by atoms with van der Waals surface area (Å²) in [5.41, 5.74) is 6.78. The van der Waals surface area contributed by atoms with E-state index in [1.54, 1.807) is 12.1 Å². The largest absolute Gasteiger partial charge is 0.383 e. The fourth-order valence-corrected chi connectivity index (χ4v) is 2.23. The third kappa shape index (κ3) is 2.97. The van der Waals surface area contributed by atoms with Crippen LogP contribution in [0.5, 0.6) is 0 Å². The average molecular weight is 233 g/mol. The van der Waals surface area contributed by atoms with Gasteiger partial charge in [-0.3, -0.25) is 4.79 Å². The summed E-state index contributed by atoms with van der Waals surface area (Å²) in [6, 6.07) is 7.92. The number of likely N-dealkylation sites (N-methyl/N-ethyl adjacent to an activating group) is 1. The van der Waals surface area contributed by atoms with E-state index in [0.717, 1.165) is 12.2 Å². The van der Waals surface area contributed by atoms with E-state index in [-0.39, 0.29) is 5.91 Å². The molecule has 17 heavy (non-hydrogen) atoms. The van der Waals surface area contributed by atoms with Gasteiger partial charge in [0.25, 0.3) is 0 Å². The Hall–Kier alpha value is -1.55. The van der Waals surface area contributed by atoms with Crippen molar-refractivity contribution in [2.75, 3.05) is 25.5 Å². The van der Waals surface area contributed by atoms with Crippen LogP contribution in [-0.4, -0.2) is 37.0 Å². The number of amides is 1. The van der Waals surface area contributed by atoms with Gasteiger partial charge in [-0.2, -0.15) is 0 Å². The number of hydrogen-bond acceptors (Lipinski definition) is 3. The summed E-state index contributed by atoms with van der Waals surface area (Å²) >= 11 is 0. The Bertz CT molecular complexity index is 388. The molecular weight excluding hydrogens is 214 g/mol. The molecule has 1 aromatic rings. The first-order chi connectivity index (χ1) is 8.16. The van der Waals surface area contributed by atoms with E-state index in [1.807, 2.05) is 12.1 Å². The van der Waals surface area contributed by atoms with Crippen LogP contribution in [0.4, 0.5) is 5.69 Å². The predicted octanol–water partition coefficient (Wildman–Crippen LogP) is 1.29. The van der Waals surface area contributed by atoms with Crippen molar-refractivity contribution in [3.8, 4) is 0 Å². The van der Waals surface area contributed by atoms with Gasteiger partial charge in [-0.15, -0.1) is 0 Å². The van der Waals surface area contributed by atoms with E-state index in [1.165, 1.54) is 19.4 Å². The van der Waals surface area contributed by atoms with Crippen LogP contribution in [0.25, 0.3) is 0 Å². The van der Waals surface area contributed by atoms with E-state index in [0.29, 0.717) is 11.6 Å². The molecule has 0 aromatic heterocycles. The van der Waals surface area contributed by atoms with Gasteiger partial charge in [-0.05, 0) is 50.7 Å². The molecule has 4 heteroatoms. The Labute approximate surface area is 102 Å². The van der Waals surface area contributed by atoms with Crippen LogP contribution in [0.2, 0.25) is 0 Å². The van der Waals surface area contributed by atoms with Crippen LogP contribution in [0.15, 0.2) is 24.3 Å². The SMILES string of the molecule is CN1CCC[C@H]1CNc1ccc(C(N)=O)cc1. The lowest BCUT2D eigenvalue weighted by atomic mass is 10.2. The molecule has 0 unspecified atom stereocenters. The van der Waals surface area contributed by atoms with E-state index < -0.39 is 0 Å². The van der Waals surface area contributed by atoms with Crippen molar-refractivity contribution in [2.45, 2.75) is 18.9 Å². The molecule has 1 saturated heterocycles. The van der Waals surface area contributed by atoms with Crippen molar-refractivity contribution < 1.29 is 4.79 Å². The normalized spacial score (nSPS) is 20.4. The minimum absolute atomic E-state index is 0.382. The van der Waals surface area contributed by atoms with Crippen LogP contribution in [-0.2, 0) is 0 Å². The van der Waals surface area contributed by atoms with Crippen LogP contribution < -0.4 is 11.1 Å². The van der Waals surface area contributed by atoms with Crippen molar-refractivity contribution >= 4 is 11.6 Å². The zero-order valence-corrected chi connectivity index (χ0v) is 10.1. The standard InChI is InChI=1S/C13H19N3O/c1-16-8-2-3-12(16)9-15-11-6-4-10(5-7-11)13(14)17/h4-7,12,15H,2-3,8-9H2,1H3,(H2,14,17)/t12-/m0/s1. The monoisotopic (exact) mass is 233 g/mol. The first-order valence-electron chi connectivity index (χ1n) is 6.01. The molecule has 1 aliphatic heterocycles. The third-order valence-corrected chi connectivity index (χ3v) is 3.38. The van der Waals surface area contributed by atoms with Crippen molar-refractivity contribution in [3.05, 3.63) is 29.8 Å². The van der Waals surface area contributed by atoms with Crippen LogP contribution in [0.1, 0.15) is 23.2 Å². The lowest BCUT2D eigenvalue weighted by molar-refractivity contribution is 0.100. The first-order valence-corrected chi connectivity index (χ1v) is 6.01. The Balaban J connectivity index is 1.88. The average Bonchev–Trinajstić information content (AvgIpc) is 2.73. The maximum atomic E-state index is 10.9. The van der Waals surface area contributed by atoms with E-state index in [4.69, 9.17) is 5.73 Å². The number of nitrogens with one attached hydrogen (secondary N) is 1. The Kier molecular flexibility index (Phi) is 3.64. The molecule has 0 spiro atoms. The predicted molar refractivity (Wildman–Crippen MR) is 69.1 cm³/mol. The highest BCUT2D eigenvalue weighted by atomic mass is 16.1. The molecule has 92 valence electrons. The molecule has 0 radical (unpaired) electrons. The summed E-state index contributed by atoms with van der Waals surface area (Å²) in [6.07, 6.45) is 2.53. The molecular formula is C13H19N3O. The Morgan fingerprint density at radius 3 is 2.71 bits per heavy atom. The molecule has 3 N–H and O–H groups in total. The minimum Gasteiger partial charge on any atom is -0.383 e. The number of rotatable bonds is 4. The van der Waals surface area contributed by atoms with Crippen molar-refractivity contribution in [2.24, 2.45) is 5.73 Å². The summed E-state index contributed by atoms with van der Waals surface area (Å²) in [4.78, 5) is 13.3. The fraction of sp³-hybridized carbons (Fsp3) is 0.462. The van der Waals surface area contributed by atoms with Crippen molar-refractivity contribution in [1.82, 2.24) is 4.90 Å². The quantitative estimate of drug-likeness (QED) is 0.824. The lowest BCUT2D eigenvalue weighted by Gasteiger charge is -2.20. The second-order valence-electron chi connectivity index (χ2n) is 4.60. The summed E-state index contributed by atoms with van der Waals surface area (Å²) in [7, 11) is 2.16. The number of likely N-dealkylation sites (tertiary alicyclic amines) is 1. The van der Waals surface area contributed by atoms with Crippen molar-refractivity contribution in [1.29, 1.82) is 0 Å². The molecule has 1 fully saturated rings. The van der Waals surface area contributed by atoms with Gasteiger partial charge in [0.2, 0.25) is 5.91 Å². The highest BCUT2D eigenvalue weighted by Gasteiger charge is 2.19. The number of anilines is 1. The second kappa shape index (κ2) is 5.19. The third-order valence-electron chi connectivity index (χ3n) is 3.38. The molecule has 2 rings (SSSR count). The molecule has 0 bridgehead atoms. The Morgan fingerprint density at radius 2 is 2.18 bits per heavy atom. The number of carbonyl (C=O) groups is 1. The summed E-state index contributed by atoms with van der Waals surface area (Å²) in [5.74, 6) is -0.382. The zero-order chi connectivity index (χ0) is 12.3. The Morgan fingerprint density at radius 1 is 1.47 bits per heavy atom. The minimum atomic E-state index is -0.382. The van der Waals surface area contributed by atoms with Gasteiger partial charge in [0.1, 0.15) is 0 Å². The van der Waals surface area contributed by atoms with Gasteiger partial charge in [0, 0.05) is 23.8 Å². The van der Waals surface area contributed by atoms with E-state index in [9.17, 15) is 4.79 Å². The summed E-state index contributed by atoms with van der Waals surface area (Å²) < 4.78 is 0.